The van der Waals surface area contributed by atoms with E-state index in [4.69, 9.17) is 15.3 Å². The highest BCUT2D eigenvalue weighted by Crippen LogP contribution is 2.45. The molecule has 0 radical (unpaired) electrons. The summed E-state index contributed by atoms with van der Waals surface area (Å²) in [6, 6.07) is 6.32. The lowest BCUT2D eigenvalue weighted by molar-refractivity contribution is -0.0373. The Bertz CT molecular complexity index is 455. The van der Waals surface area contributed by atoms with Gasteiger partial charge in [0.2, 0.25) is 0 Å². The molecule has 0 spiro atoms. The van der Waals surface area contributed by atoms with Gasteiger partial charge in [-0.25, -0.2) is 5.43 Å². The average molecular weight is 262 g/mol. The van der Waals surface area contributed by atoms with E-state index in [0.29, 0.717) is 0 Å². The smallest absolute Gasteiger partial charge is 0.127 e. The van der Waals surface area contributed by atoms with Crippen molar-refractivity contribution < 1.29 is 9.47 Å². The lowest BCUT2D eigenvalue weighted by Crippen LogP contribution is -2.46. The molecule has 19 heavy (non-hydrogen) atoms. The third-order valence-corrected chi connectivity index (χ3v) is 4.61. The van der Waals surface area contributed by atoms with Crippen LogP contribution in [0.15, 0.2) is 18.2 Å². The molecule has 4 heteroatoms. The van der Waals surface area contributed by atoms with Crippen LogP contribution in [0.5, 0.6) is 5.75 Å². The monoisotopic (exact) mass is 262 g/mol. The second kappa shape index (κ2) is 5.12. The summed E-state index contributed by atoms with van der Waals surface area (Å²) in [5.41, 5.74) is 5.20. The van der Waals surface area contributed by atoms with Crippen LogP contribution in [0.4, 0.5) is 0 Å². The number of ether oxygens (including phenoxy) is 2. The van der Waals surface area contributed by atoms with Crippen molar-refractivity contribution in [3.63, 3.8) is 0 Å². The number of nitrogens with two attached hydrogens (primary N) is 1. The zero-order valence-electron chi connectivity index (χ0n) is 11.4. The van der Waals surface area contributed by atoms with E-state index >= 15 is 0 Å². The van der Waals surface area contributed by atoms with Crippen LogP contribution in [-0.2, 0) is 11.2 Å². The lowest BCUT2D eigenvalue weighted by Gasteiger charge is -2.36. The second-order valence-corrected chi connectivity index (χ2v) is 5.51. The zero-order chi connectivity index (χ0) is 13.3. The molecule has 1 saturated carbocycles. The molecule has 104 valence electrons. The quantitative estimate of drug-likeness (QED) is 0.644. The molecule has 1 aliphatic heterocycles. The van der Waals surface area contributed by atoms with E-state index in [1.165, 1.54) is 18.4 Å². The highest BCUT2D eigenvalue weighted by Gasteiger charge is 2.43. The number of hydrazine groups is 1. The predicted molar refractivity (Wildman–Crippen MR) is 73.9 cm³/mol. The van der Waals surface area contributed by atoms with Crippen molar-refractivity contribution in [2.24, 2.45) is 5.84 Å². The second-order valence-electron chi connectivity index (χ2n) is 5.51. The first-order chi connectivity index (χ1) is 9.30. The molecule has 1 unspecified atom stereocenters. The fourth-order valence-corrected chi connectivity index (χ4v) is 3.58. The molecule has 1 heterocycles. The molecule has 1 aromatic rings. The number of rotatable bonds is 4. The van der Waals surface area contributed by atoms with Crippen LogP contribution in [0.3, 0.4) is 0 Å². The Morgan fingerprint density at radius 2 is 2.16 bits per heavy atom. The Morgan fingerprint density at radius 1 is 1.37 bits per heavy atom. The van der Waals surface area contributed by atoms with Crippen LogP contribution in [0.1, 0.15) is 42.9 Å². The van der Waals surface area contributed by atoms with Gasteiger partial charge in [0.1, 0.15) is 5.75 Å². The largest absolute Gasteiger partial charge is 0.493 e. The van der Waals surface area contributed by atoms with Gasteiger partial charge in [-0.15, -0.1) is 0 Å². The van der Waals surface area contributed by atoms with Crippen LogP contribution in [0.25, 0.3) is 0 Å². The van der Waals surface area contributed by atoms with E-state index in [1.54, 1.807) is 7.11 Å². The Morgan fingerprint density at radius 3 is 2.84 bits per heavy atom. The maximum Gasteiger partial charge on any atom is 0.127 e. The third-order valence-electron chi connectivity index (χ3n) is 4.61. The van der Waals surface area contributed by atoms with Crippen molar-refractivity contribution in [1.29, 1.82) is 0 Å². The minimum Gasteiger partial charge on any atom is -0.493 e. The summed E-state index contributed by atoms with van der Waals surface area (Å²) >= 11 is 0. The first kappa shape index (κ1) is 12.9. The molecule has 0 amide bonds. The SMILES string of the molecule is COC1(C(NN)c2cccc3c2OCC3)CCCC1. The number of hydrogen-bond donors (Lipinski definition) is 2. The molecule has 1 aliphatic carbocycles. The van der Waals surface area contributed by atoms with Crippen molar-refractivity contribution >= 4 is 0 Å². The van der Waals surface area contributed by atoms with Gasteiger partial charge in [0, 0.05) is 19.1 Å². The maximum atomic E-state index is 5.87. The van der Waals surface area contributed by atoms with Crippen molar-refractivity contribution in [2.45, 2.75) is 43.7 Å². The van der Waals surface area contributed by atoms with Gasteiger partial charge in [-0.2, -0.15) is 0 Å². The Balaban J connectivity index is 2.01. The predicted octanol–water partition coefficient (Wildman–Crippen LogP) is 2.09. The molecular formula is C15H22N2O2. The topological polar surface area (TPSA) is 56.5 Å². The van der Waals surface area contributed by atoms with Gasteiger partial charge in [0.25, 0.3) is 0 Å². The highest BCUT2D eigenvalue weighted by atomic mass is 16.5. The number of benzene rings is 1. The highest BCUT2D eigenvalue weighted by molar-refractivity contribution is 5.46. The fraction of sp³-hybridized carbons (Fsp3) is 0.600. The number of para-hydroxylation sites is 1. The van der Waals surface area contributed by atoms with Crippen molar-refractivity contribution in [3.8, 4) is 5.75 Å². The minimum atomic E-state index is -0.199. The number of hydrogen-bond acceptors (Lipinski definition) is 4. The van der Waals surface area contributed by atoms with Crippen molar-refractivity contribution in [1.82, 2.24) is 5.43 Å². The number of fused-ring (bicyclic) bond motifs is 1. The van der Waals surface area contributed by atoms with Gasteiger partial charge >= 0.3 is 0 Å². The summed E-state index contributed by atoms with van der Waals surface area (Å²) in [5, 5.41) is 0. The number of methoxy groups -OCH3 is 1. The molecule has 1 fully saturated rings. The van der Waals surface area contributed by atoms with Crippen LogP contribution in [0, 0.1) is 0 Å². The molecule has 0 aromatic heterocycles. The van der Waals surface area contributed by atoms with E-state index in [2.05, 4.69) is 23.6 Å². The normalized spacial score (nSPS) is 22.0. The first-order valence-corrected chi connectivity index (χ1v) is 7.06. The van der Waals surface area contributed by atoms with E-state index < -0.39 is 0 Å². The van der Waals surface area contributed by atoms with Gasteiger partial charge in [-0.3, -0.25) is 5.84 Å². The van der Waals surface area contributed by atoms with Gasteiger partial charge in [-0.1, -0.05) is 31.0 Å². The Hall–Kier alpha value is -1.10. The molecule has 0 saturated heterocycles. The summed E-state index contributed by atoms with van der Waals surface area (Å²) in [4.78, 5) is 0. The Labute approximate surface area is 114 Å². The van der Waals surface area contributed by atoms with Gasteiger partial charge in [-0.05, 0) is 18.4 Å². The van der Waals surface area contributed by atoms with Gasteiger partial charge in [0.15, 0.2) is 0 Å². The van der Waals surface area contributed by atoms with Gasteiger partial charge in [0.05, 0.1) is 18.2 Å². The molecule has 1 aromatic carbocycles. The zero-order valence-corrected chi connectivity index (χ0v) is 11.4. The molecule has 1 atom stereocenters. The third kappa shape index (κ3) is 2.04. The summed E-state index contributed by atoms with van der Waals surface area (Å²) in [7, 11) is 1.79. The van der Waals surface area contributed by atoms with Crippen LogP contribution in [0.2, 0.25) is 0 Å². The van der Waals surface area contributed by atoms with Gasteiger partial charge < -0.3 is 9.47 Å². The maximum absolute atomic E-state index is 5.87. The Kier molecular flexibility index (Phi) is 3.48. The van der Waals surface area contributed by atoms with E-state index in [9.17, 15) is 0 Å². The molecule has 0 bridgehead atoms. The molecule has 3 N–H and O–H groups in total. The standard InChI is InChI=1S/C15H22N2O2/c1-18-15(8-2-3-9-15)14(17-16)12-6-4-5-11-7-10-19-13(11)12/h4-6,14,17H,2-3,7-10,16H2,1H3. The molecular weight excluding hydrogens is 240 g/mol. The van der Waals surface area contributed by atoms with E-state index in [0.717, 1.165) is 37.2 Å². The summed E-state index contributed by atoms with van der Waals surface area (Å²) < 4.78 is 11.7. The van der Waals surface area contributed by atoms with Crippen LogP contribution < -0.4 is 16.0 Å². The fourth-order valence-electron chi connectivity index (χ4n) is 3.58. The van der Waals surface area contributed by atoms with Crippen LogP contribution in [-0.4, -0.2) is 19.3 Å². The number of nitrogens with one attached hydrogen (secondary N) is 1. The molecule has 3 rings (SSSR count). The summed E-state index contributed by atoms with van der Waals surface area (Å²) in [5.74, 6) is 6.86. The first-order valence-electron chi connectivity index (χ1n) is 7.06. The summed E-state index contributed by atoms with van der Waals surface area (Å²) in [6.07, 6.45) is 5.47. The minimum absolute atomic E-state index is 0.00644. The van der Waals surface area contributed by atoms with E-state index in [-0.39, 0.29) is 11.6 Å². The molecule has 2 aliphatic rings. The lowest BCUT2D eigenvalue weighted by atomic mass is 9.86. The average Bonchev–Trinajstić information content (AvgIpc) is 3.09. The van der Waals surface area contributed by atoms with Crippen molar-refractivity contribution in [2.75, 3.05) is 13.7 Å². The van der Waals surface area contributed by atoms with Crippen molar-refractivity contribution in [3.05, 3.63) is 29.3 Å². The van der Waals surface area contributed by atoms with E-state index in [1.807, 2.05) is 0 Å². The molecule has 4 nitrogen and oxygen atoms in total. The van der Waals surface area contributed by atoms with Crippen LogP contribution >= 0.6 is 0 Å². The summed E-state index contributed by atoms with van der Waals surface area (Å²) in [6.45, 7) is 0.767.